The van der Waals surface area contributed by atoms with E-state index in [-0.39, 0.29) is 12.0 Å². The number of hydrogen-bond donors (Lipinski definition) is 0. The molecule has 0 spiro atoms. The Labute approximate surface area is 88.5 Å². The molecule has 1 aromatic rings. The maximum absolute atomic E-state index is 13.2. The van der Waals surface area contributed by atoms with Crippen LogP contribution in [0.2, 0.25) is 0 Å². The number of carbonyl (C=O) groups excluding carboxylic acids is 1. The molecule has 66 valence electrons. The van der Waals surface area contributed by atoms with Gasteiger partial charge in [0.1, 0.15) is 5.82 Å². The molecule has 1 aromatic carbocycles. The molecule has 0 N–H and O–H groups in total. The van der Waals surface area contributed by atoms with Gasteiger partial charge in [-0.05, 0) is 34.2 Å². The van der Waals surface area contributed by atoms with E-state index >= 15 is 0 Å². The molecule has 13 heavy (non-hydrogen) atoms. The summed E-state index contributed by atoms with van der Waals surface area (Å²) in [5, 5.41) is 8.42. The molecule has 0 saturated carbocycles. The van der Waals surface area contributed by atoms with Crippen molar-refractivity contribution in [3.8, 4) is 6.07 Å². The van der Waals surface area contributed by atoms with Gasteiger partial charge in [-0.3, -0.25) is 4.79 Å². The van der Waals surface area contributed by atoms with Crippen LogP contribution in [0.15, 0.2) is 12.1 Å². The second kappa shape index (κ2) is 4.33. The van der Waals surface area contributed by atoms with Crippen LogP contribution in [-0.4, -0.2) is 6.29 Å². The van der Waals surface area contributed by atoms with Crippen molar-refractivity contribution in [2.24, 2.45) is 0 Å². The molecule has 0 bridgehead atoms. The number of hydrogen-bond acceptors (Lipinski definition) is 2. The second-order valence-corrected chi connectivity index (χ2v) is 3.47. The van der Waals surface area contributed by atoms with E-state index in [2.05, 4.69) is 0 Å². The smallest absolute Gasteiger partial charge is 0.153 e. The van der Waals surface area contributed by atoms with Crippen molar-refractivity contribution in [1.82, 2.24) is 0 Å². The van der Waals surface area contributed by atoms with Gasteiger partial charge in [0.2, 0.25) is 0 Å². The molecule has 0 atom stereocenters. The second-order valence-electron chi connectivity index (χ2n) is 2.39. The number of nitriles is 1. The van der Waals surface area contributed by atoms with Gasteiger partial charge >= 0.3 is 0 Å². The molecule has 0 aliphatic carbocycles. The van der Waals surface area contributed by atoms with Crippen LogP contribution in [0.1, 0.15) is 15.9 Å². The molecule has 0 unspecified atom stereocenters. The molecule has 2 nitrogen and oxygen atoms in total. The zero-order valence-corrected chi connectivity index (χ0v) is 8.71. The van der Waals surface area contributed by atoms with Crippen LogP contribution in [0.25, 0.3) is 0 Å². The van der Waals surface area contributed by atoms with Crippen LogP contribution in [0.5, 0.6) is 0 Å². The Morgan fingerprint density at radius 3 is 2.85 bits per heavy atom. The van der Waals surface area contributed by atoms with Crippen LogP contribution in [-0.2, 0) is 6.42 Å². The predicted molar refractivity (Wildman–Crippen MR) is 53.8 cm³/mol. The third kappa shape index (κ3) is 2.04. The highest BCUT2D eigenvalue weighted by Gasteiger charge is 2.09. The Hall–Kier alpha value is -0.960. The summed E-state index contributed by atoms with van der Waals surface area (Å²) in [6.45, 7) is 0. The molecule has 0 aliphatic heterocycles. The highest BCUT2D eigenvalue weighted by Crippen LogP contribution is 2.19. The number of aldehydes is 1. The molecule has 0 radical (unpaired) electrons. The van der Waals surface area contributed by atoms with Crippen LogP contribution in [0.3, 0.4) is 0 Å². The summed E-state index contributed by atoms with van der Waals surface area (Å²) in [4.78, 5) is 10.3. The number of carbonyl (C=O) groups is 1. The lowest BCUT2D eigenvalue weighted by molar-refractivity contribution is 0.111. The minimum Gasteiger partial charge on any atom is -0.298 e. The minimum atomic E-state index is -0.539. The molecular formula is C9H5FINO. The summed E-state index contributed by atoms with van der Waals surface area (Å²) in [5.74, 6) is -0.539. The Kier molecular flexibility index (Phi) is 3.37. The lowest BCUT2D eigenvalue weighted by atomic mass is 10.1. The summed E-state index contributed by atoms with van der Waals surface area (Å²) in [6.07, 6.45) is 0.627. The normalized spacial score (nSPS) is 9.31. The average Bonchev–Trinajstić information content (AvgIpc) is 2.14. The Bertz CT molecular complexity index is 384. The first-order valence-electron chi connectivity index (χ1n) is 3.49. The van der Waals surface area contributed by atoms with Crippen molar-refractivity contribution in [2.75, 3.05) is 0 Å². The van der Waals surface area contributed by atoms with Gasteiger partial charge in [0.15, 0.2) is 6.29 Å². The lowest BCUT2D eigenvalue weighted by Gasteiger charge is -2.02. The summed E-state index contributed by atoms with van der Waals surface area (Å²) < 4.78 is 13.6. The minimum absolute atomic E-state index is 0.0334. The Morgan fingerprint density at radius 1 is 1.62 bits per heavy atom. The van der Waals surface area contributed by atoms with Crippen molar-refractivity contribution in [3.05, 3.63) is 32.6 Å². The van der Waals surface area contributed by atoms with Gasteiger partial charge < -0.3 is 0 Å². The summed E-state index contributed by atoms with van der Waals surface area (Å²) in [5.41, 5.74) is 0.650. The average molecular weight is 289 g/mol. The van der Waals surface area contributed by atoms with Crippen molar-refractivity contribution in [2.45, 2.75) is 6.42 Å². The highest BCUT2D eigenvalue weighted by molar-refractivity contribution is 14.1. The van der Waals surface area contributed by atoms with E-state index in [0.717, 1.165) is 0 Å². The third-order valence-electron chi connectivity index (χ3n) is 1.59. The van der Waals surface area contributed by atoms with Gasteiger partial charge in [0, 0.05) is 0 Å². The SMILES string of the molecule is N#CCc1ccc(C=O)c(F)c1I. The van der Waals surface area contributed by atoms with E-state index in [4.69, 9.17) is 5.26 Å². The summed E-state index contributed by atoms with van der Waals surface area (Å²) in [7, 11) is 0. The van der Waals surface area contributed by atoms with Gasteiger partial charge in [-0.15, -0.1) is 0 Å². The van der Waals surface area contributed by atoms with Crippen LogP contribution < -0.4 is 0 Å². The van der Waals surface area contributed by atoms with Crippen molar-refractivity contribution in [1.29, 1.82) is 5.26 Å². The Balaban J connectivity index is 3.24. The predicted octanol–water partition coefficient (Wildman–Crippen LogP) is 2.31. The van der Waals surface area contributed by atoms with Gasteiger partial charge in [-0.2, -0.15) is 5.26 Å². The van der Waals surface area contributed by atoms with E-state index in [9.17, 15) is 9.18 Å². The maximum Gasteiger partial charge on any atom is 0.153 e. The zero-order chi connectivity index (χ0) is 9.84. The van der Waals surface area contributed by atoms with E-state index in [0.29, 0.717) is 15.4 Å². The fraction of sp³-hybridized carbons (Fsp3) is 0.111. The third-order valence-corrected chi connectivity index (χ3v) is 2.75. The van der Waals surface area contributed by atoms with E-state index in [1.165, 1.54) is 6.07 Å². The molecule has 1 rings (SSSR count). The monoisotopic (exact) mass is 289 g/mol. The number of benzene rings is 1. The zero-order valence-electron chi connectivity index (χ0n) is 6.55. The lowest BCUT2D eigenvalue weighted by Crippen LogP contribution is -1.96. The van der Waals surface area contributed by atoms with E-state index in [1.807, 2.05) is 6.07 Å². The van der Waals surface area contributed by atoms with Crippen LogP contribution in [0, 0.1) is 20.7 Å². The first kappa shape index (κ1) is 10.1. The fourth-order valence-electron chi connectivity index (χ4n) is 0.917. The molecule has 4 heteroatoms. The molecule has 0 amide bonds. The summed E-state index contributed by atoms with van der Waals surface area (Å²) in [6, 6.07) is 4.91. The summed E-state index contributed by atoms with van der Waals surface area (Å²) >= 11 is 1.79. The molecular weight excluding hydrogens is 284 g/mol. The number of halogens is 2. The van der Waals surface area contributed by atoms with E-state index in [1.54, 1.807) is 28.7 Å². The molecule has 0 aromatic heterocycles. The molecule has 0 fully saturated rings. The number of rotatable bonds is 2. The quantitative estimate of drug-likeness (QED) is 0.619. The first-order chi connectivity index (χ1) is 6.20. The molecule has 0 heterocycles. The van der Waals surface area contributed by atoms with Crippen LogP contribution in [0.4, 0.5) is 4.39 Å². The van der Waals surface area contributed by atoms with E-state index < -0.39 is 5.82 Å². The van der Waals surface area contributed by atoms with Gasteiger partial charge in [-0.25, -0.2) is 4.39 Å². The Morgan fingerprint density at radius 2 is 2.31 bits per heavy atom. The highest BCUT2D eigenvalue weighted by atomic mass is 127. The number of nitrogens with zero attached hydrogens (tertiary/aromatic N) is 1. The van der Waals surface area contributed by atoms with Gasteiger partial charge in [0.25, 0.3) is 0 Å². The van der Waals surface area contributed by atoms with Crippen LogP contribution >= 0.6 is 22.6 Å². The maximum atomic E-state index is 13.2. The molecule has 0 saturated heterocycles. The standard InChI is InChI=1S/C9H5FINO/c10-8-7(5-13)2-1-6(3-4-12)9(8)11/h1-2,5H,3H2. The largest absolute Gasteiger partial charge is 0.298 e. The first-order valence-corrected chi connectivity index (χ1v) is 4.57. The van der Waals surface area contributed by atoms with Gasteiger partial charge in [-0.1, -0.05) is 6.07 Å². The van der Waals surface area contributed by atoms with Crippen molar-refractivity contribution < 1.29 is 9.18 Å². The van der Waals surface area contributed by atoms with Gasteiger partial charge in [0.05, 0.1) is 21.6 Å². The molecule has 0 aliphatic rings. The topological polar surface area (TPSA) is 40.9 Å². The van der Waals surface area contributed by atoms with Crippen molar-refractivity contribution in [3.63, 3.8) is 0 Å². The fourth-order valence-corrected chi connectivity index (χ4v) is 1.60. The van der Waals surface area contributed by atoms with Crippen molar-refractivity contribution >= 4 is 28.9 Å².